The number of thiazole rings is 1. The molecule has 0 saturated carbocycles. The number of hydrogen-bond donors (Lipinski definition) is 2. The maximum absolute atomic E-state index is 11.0. The molecule has 0 saturated heterocycles. The van der Waals surface area contributed by atoms with Crippen molar-refractivity contribution in [1.29, 1.82) is 0 Å². The number of rotatable bonds is 7. The molecule has 1 heterocycles. The topological polar surface area (TPSA) is 83.5 Å². The number of guanidine groups is 1. The van der Waals surface area contributed by atoms with Crippen molar-refractivity contribution < 1.29 is 8.42 Å². The summed E-state index contributed by atoms with van der Waals surface area (Å²) in [6.07, 6.45) is 4.54. The Morgan fingerprint density at radius 1 is 1.38 bits per heavy atom. The van der Waals surface area contributed by atoms with Crippen LogP contribution >= 0.6 is 35.3 Å². The molecule has 0 aromatic carbocycles. The van der Waals surface area contributed by atoms with E-state index in [4.69, 9.17) is 0 Å². The Balaban J connectivity index is 0.00000400. The quantitative estimate of drug-likeness (QED) is 0.285. The molecule has 0 unspecified atom stereocenters. The second kappa shape index (κ2) is 10.3. The zero-order chi connectivity index (χ0) is 15.0. The molecule has 0 spiro atoms. The summed E-state index contributed by atoms with van der Waals surface area (Å²) in [6, 6.07) is 0. The Morgan fingerprint density at radius 3 is 2.57 bits per heavy atom. The molecule has 0 radical (unpaired) electrons. The van der Waals surface area contributed by atoms with Gasteiger partial charge in [-0.2, -0.15) is 0 Å². The summed E-state index contributed by atoms with van der Waals surface area (Å²) in [7, 11) is -1.19. The number of aromatic nitrogens is 1. The van der Waals surface area contributed by atoms with E-state index in [1.54, 1.807) is 18.4 Å². The third-order valence-corrected chi connectivity index (χ3v) is 4.51. The van der Waals surface area contributed by atoms with Crippen LogP contribution < -0.4 is 10.6 Å². The first-order valence-electron chi connectivity index (χ1n) is 6.44. The number of aliphatic imine (C=N–C) groups is 1. The Kier molecular flexibility index (Phi) is 10.1. The van der Waals surface area contributed by atoms with Crippen LogP contribution in [0.15, 0.2) is 11.2 Å². The van der Waals surface area contributed by atoms with Crippen LogP contribution in [0.2, 0.25) is 0 Å². The first-order chi connectivity index (χ1) is 9.40. The molecular formula is C12H23IN4O2S2. The Labute approximate surface area is 147 Å². The van der Waals surface area contributed by atoms with Gasteiger partial charge in [-0.3, -0.25) is 4.99 Å². The van der Waals surface area contributed by atoms with Crippen molar-refractivity contribution in [3.63, 3.8) is 0 Å². The van der Waals surface area contributed by atoms with Crippen molar-refractivity contribution in [3.05, 3.63) is 16.1 Å². The fraction of sp³-hybridized carbons (Fsp3) is 0.667. The number of halogens is 1. The summed E-state index contributed by atoms with van der Waals surface area (Å²) in [5, 5.41) is 7.37. The van der Waals surface area contributed by atoms with E-state index in [9.17, 15) is 8.42 Å². The molecule has 0 amide bonds. The summed E-state index contributed by atoms with van der Waals surface area (Å²) >= 11 is 1.69. The maximum Gasteiger partial charge on any atom is 0.190 e. The molecule has 1 aromatic rings. The average Bonchev–Trinajstić information content (AvgIpc) is 2.77. The van der Waals surface area contributed by atoms with E-state index in [0.29, 0.717) is 18.9 Å². The van der Waals surface area contributed by atoms with E-state index in [0.717, 1.165) is 18.0 Å². The first-order valence-corrected chi connectivity index (χ1v) is 9.32. The molecule has 2 N–H and O–H groups in total. The second-order valence-corrected chi connectivity index (χ2v) is 8.10. The fourth-order valence-corrected chi connectivity index (χ4v) is 3.02. The fourth-order valence-electron chi connectivity index (χ4n) is 1.57. The van der Waals surface area contributed by atoms with Crippen LogP contribution in [0.3, 0.4) is 0 Å². The monoisotopic (exact) mass is 446 g/mol. The standard InChI is InChI=1S/C12H22N4O2S2.HI/c1-10-9-16-11(19-10)5-7-15-12(13-2)14-6-4-8-20(3,17)18;/h9H,4-8H2,1-3H3,(H2,13,14,15);1H. The van der Waals surface area contributed by atoms with Crippen molar-refractivity contribution in [3.8, 4) is 0 Å². The predicted molar refractivity (Wildman–Crippen MR) is 99.7 cm³/mol. The minimum Gasteiger partial charge on any atom is -0.356 e. The summed E-state index contributed by atoms with van der Waals surface area (Å²) < 4.78 is 22.0. The SMILES string of the molecule is CN=C(NCCCS(C)(=O)=O)NCCc1ncc(C)s1.I. The number of aryl methyl sites for hydroxylation is 1. The third kappa shape index (κ3) is 10.0. The summed E-state index contributed by atoms with van der Waals surface area (Å²) in [5.41, 5.74) is 0. The van der Waals surface area contributed by atoms with Crippen LogP contribution in [-0.4, -0.2) is 51.5 Å². The lowest BCUT2D eigenvalue weighted by atomic mass is 10.4. The number of hydrogen-bond acceptors (Lipinski definition) is 5. The normalized spacial score (nSPS) is 11.9. The largest absolute Gasteiger partial charge is 0.356 e. The molecular weight excluding hydrogens is 423 g/mol. The second-order valence-electron chi connectivity index (χ2n) is 4.52. The molecule has 0 aliphatic rings. The molecule has 1 aromatic heterocycles. The molecule has 0 aliphatic heterocycles. The zero-order valence-electron chi connectivity index (χ0n) is 12.5. The summed E-state index contributed by atoms with van der Waals surface area (Å²) in [4.78, 5) is 9.59. The highest BCUT2D eigenvalue weighted by atomic mass is 127. The van der Waals surface area contributed by atoms with Gasteiger partial charge in [-0.1, -0.05) is 0 Å². The Bertz CT molecular complexity index is 543. The van der Waals surface area contributed by atoms with Gasteiger partial charge in [-0.15, -0.1) is 35.3 Å². The highest BCUT2D eigenvalue weighted by Gasteiger charge is 2.03. The smallest absolute Gasteiger partial charge is 0.190 e. The van der Waals surface area contributed by atoms with E-state index < -0.39 is 9.84 Å². The van der Waals surface area contributed by atoms with Crippen LogP contribution in [0.5, 0.6) is 0 Å². The van der Waals surface area contributed by atoms with Gasteiger partial charge in [0, 0.05) is 43.9 Å². The van der Waals surface area contributed by atoms with Gasteiger partial charge < -0.3 is 10.6 Å². The van der Waals surface area contributed by atoms with E-state index in [1.807, 2.05) is 13.1 Å². The van der Waals surface area contributed by atoms with Crippen LogP contribution in [-0.2, 0) is 16.3 Å². The molecule has 122 valence electrons. The lowest BCUT2D eigenvalue weighted by Crippen LogP contribution is -2.39. The van der Waals surface area contributed by atoms with Gasteiger partial charge in [0.15, 0.2) is 5.96 Å². The number of sulfone groups is 1. The minimum atomic E-state index is -2.89. The lowest BCUT2D eigenvalue weighted by molar-refractivity contribution is 0.598. The van der Waals surface area contributed by atoms with Crippen LogP contribution in [0, 0.1) is 6.92 Å². The molecule has 6 nitrogen and oxygen atoms in total. The predicted octanol–water partition coefficient (Wildman–Crippen LogP) is 1.21. The van der Waals surface area contributed by atoms with E-state index >= 15 is 0 Å². The number of nitrogens with one attached hydrogen (secondary N) is 2. The molecule has 21 heavy (non-hydrogen) atoms. The zero-order valence-corrected chi connectivity index (χ0v) is 16.5. The molecule has 0 aliphatic carbocycles. The Hall–Kier alpha value is -0.420. The van der Waals surface area contributed by atoms with Crippen LogP contribution in [0.25, 0.3) is 0 Å². The Morgan fingerprint density at radius 2 is 2.05 bits per heavy atom. The molecule has 0 bridgehead atoms. The van der Waals surface area contributed by atoms with Crippen LogP contribution in [0.1, 0.15) is 16.3 Å². The van der Waals surface area contributed by atoms with E-state index in [-0.39, 0.29) is 29.7 Å². The summed E-state index contributed by atoms with van der Waals surface area (Å²) in [6.45, 7) is 3.37. The van der Waals surface area contributed by atoms with Gasteiger partial charge in [0.2, 0.25) is 0 Å². The molecule has 1 rings (SSSR count). The van der Waals surface area contributed by atoms with Crippen molar-refractivity contribution in [2.45, 2.75) is 19.8 Å². The van der Waals surface area contributed by atoms with Crippen LogP contribution in [0.4, 0.5) is 0 Å². The average molecular weight is 446 g/mol. The van der Waals surface area contributed by atoms with Gasteiger partial charge in [0.1, 0.15) is 9.84 Å². The van der Waals surface area contributed by atoms with Gasteiger partial charge in [-0.25, -0.2) is 13.4 Å². The van der Waals surface area contributed by atoms with Gasteiger partial charge in [0.05, 0.1) is 10.8 Å². The van der Waals surface area contributed by atoms with Gasteiger partial charge >= 0.3 is 0 Å². The van der Waals surface area contributed by atoms with Crippen molar-refractivity contribution >= 4 is 51.1 Å². The molecule has 0 atom stereocenters. The minimum absolute atomic E-state index is 0. The van der Waals surface area contributed by atoms with Crippen molar-refractivity contribution in [2.24, 2.45) is 4.99 Å². The van der Waals surface area contributed by atoms with Crippen molar-refractivity contribution in [1.82, 2.24) is 15.6 Å². The highest BCUT2D eigenvalue weighted by molar-refractivity contribution is 14.0. The molecule has 0 fully saturated rings. The lowest BCUT2D eigenvalue weighted by Gasteiger charge is -2.10. The maximum atomic E-state index is 11.0. The van der Waals surface area contributed by atoms with Gasteiger partial charge in [0.25, 0.3) is 0 Å². The number of nitrogens with zero attached hydrogens (tertiary/aromatic N) is 2. The summed E-state index contributed by atoms with van der Waals surface area (Å²) in [5.74, 6) is 0.877. The third-order valence-electron chi connectivity index (χ3n) is 2.51. The highest BCUT2D eigenvalue weighted by Crippen LogP contribution is 2.10. The van der Waals surface area contributed by atoms with Crippen molar-refractivity contribution in [2.75, 3.05) is 32.1 Å². The molecule has 9 heteroatoms. The first kappa shape index (κ1) is 20.6. The van der Waals surface area contributed by atoms with E-state index in [1.165, 1.54) is 11.1 Å². The van der Waals surface area contributed by atoms with E-state index in [2.05, 4.69) is 20.6 Å². The van der Waals surface area contributed by atoms with Gasteiger partial charge in [-0.05, 0) is 13.3 Å².